The van der Waals surface area contributed by atoms with Gasteiger partial charge in [-0.25, -0.2) is 0 Å². The molecule has 5 aromatic rings. The van der Waals surface area contributed by atoms with Crippen LogP contribution in [0.4, 0.5) is 0 Å². The van der Waals surface area contributed by atoms with Gasteiger partial charge in [0.1, 0.15) is 0 Å². The Balaban J connectivity index is 0.000000202. The fraction of sp³-hybridized carbons (Fsp3) is 0.286. The predicted molar refractivity (Wildman–Crippen MR) is 191 cm³/mol. The number of rotatable bonds is 8. The Morgan fingerprint density at radius 1 is 0.455 bits per heavy atom. The Morgan fingerprint density at radius 2 is 0.773 bits per heavy atom. The van der Waals surface area contributed by atoms with Crippen molar-refractivity contribution in [2.75, 3.05) is 0 Å². The molecule has 0 fully saturated rings. The predicted octanol–water partition coefficient (Wildman–Crippen LogP) is 6.37. The van der Waals surface area contributed by atoms with E-state index in [1.54, 1.807) is 0 Å². The molecule has 0 amide bonds. The van der Waals surface area contributed by atoms with Crippen molar-refractivity contribution in [1.29, 1.82) is 0 Å². The molecule has 0 radical (unpaired) electrons. The molecule has 0 unspecified atom stereocenters. The topological polar surface area (TPSA) is 0 Å². The van der Waals surface area contributed by atoms with Gasteiger partial charge >= 0.3 is 140 Å². The zero-order chi connectivity index (χ0) is 31.6. The number of benzene rings is 5. The van der Waals surface area contributed by atoms with Crippen LogP contribution in [0.3, 0.4) is 0 Å². The second-order valence-corrected chi connectivity index (χ2v) is 17.1. The van der Waals surface area contributed by atoms with Crippen molar-refractivity contribution in [2.45, 2.75) is 78.5 Å². The summed E-state index contributed by atoms with van der Waals surface area (Å²) in [6, 6.07) is 51.6. The average Bonchev–Trinajstić information content (AvgIpc) is 3.03. The molecule has 0 spiro atoms. The fourth-order valence-electron chi connectivity index (χ4n) is 6.08. The summed E-state index contributed by atoms with van der Waals surface area (Å²) in [5.74, 6) is 0. The van der Waals surface area contributed by atoms with Gasteiger partial charge in [0.2, 0.25) is 0 Å². The number of halogens is 1. The Kier molecular flexibility index (Phi) is 11.7. The molecule has 0 nitrogen and oxygen atoms in total. The fourth-order valence-corrected chi connectivity index (χ4v) is 8.24. The van der Waals surface area contributed by atoms with Gasteiger partial charge in [0, 0.05) is 0 Å². The molecule has 0 saturated heterocycles. The van der Waals surface area contributed by atoms with Crippen molar-refractivity contribution in [3.8, 4) is 0 Å². The van der Waals surface area contributed by atoms with Gasteiger partial charge < -0.3 is 0 Å². The summed E-state index contributed by atoms with van der Waals surface area (Å²) in [5.41, 5.74) is 7.64. The van der Waals surface area contributed by atoms with Gasteiger partial charge in [-0.15, -0.1) is 0 Å². The average molecular weight is 693 g/mol. The van der Waals surface area contributed by atoms with Gasteiger partial charge in [0.15, 0.2) is 0 Å². The minimum absolute atomic E-state index is 0.0703. The number of hydrogen-bond acceptors (Lipinski definition) is 0. The summed E-state index contributed by atoms with van der Waals surface area (Å²) in [6.07, 6.45) is 2.73. The van der Waals surface area contributed by atoms with Crippen LogP contribution in [0.2, 0.25) is 6.32 Å². The first-order valence-corrected chi connectivity index (χ1v) is 18.4. The van der Waals surface area contributed by atoms with E-state index in [4.69, 9.17) is 0 Å². The van der Waals surface area contributed by atoms with Gasteiger partial charge in [-0.1, -0.05) is 111 Å². The van der Waals surface area contributed by atoms with Crippen molar-refractivity contribution in [3.63, 3.8) is 0 Å². The Labute approximate surface area is 278 Å². The van der Waals surface area contributed by atoms with E-state index >= 15 is 0 Å². The summed E-state index contributed by atoms with van der Waals surface area (Å²) in [4.78, 5) is 0. The first-order valence-electron chi connectivity index (χ1n) is 16.2. The molecule has 44 heavy (non-hydrogen) atoms. The first-order chi connectivity index (χ1) is 21.0. The van der Waals surface area contributed by atoms with Gasteiger partial charge in [-0.2, -0.15) is 22.7 Å². The van der Waals surface area contributed by atoms with Crippen LogP contribution in [-0.4, -0.2) is 6.15 Å². The van der Waals surface area contributed by atoms with E-state index in [0.29, 0.717) is 0 Å². The smallest absolute Gasteiger partial charge is 0.0814 e. The quantitative estimate of drug-likeness (QED) is 0.131. The summed E-state index contributed by atoms with van der Waals surface area (Å²) < 4.78 is 2.98. The first kappa shape index (κ1) is 33.8. The van der Waals surface area contributed by atoms with E-state index in [9.17, 15) is 0 Å². The molecule has 0 saturated carbocycles. The summed E-state index contributed by atoms with van der Waals surface area (Å²) in [5, 5.41) is 0. The zero-order valence-corrected chi connectivity index (χ0v) is 30.0. The van der Waals surface area contributed by atoms with Crippen LogP contribution in [-0.2, 0) is 10.8 Å². The zero-order valence-electron chi connectivity index (χ0n) is 27.9. The Bertz CT molecular complexity index is 1370. The van der Waals surface area contributed by atoms with Gasteiger partial charge in [0.05, 0.1) is 6.15 Å². The van der Waals surface area contributed by atoms with E-state index in [2.05, 4.69) is 188 Å². The largest absolute Gasteiger partial charge is 0.200 e. The molecule has 0 N–H and O–H groups in total. The molecule has 0 bridgehead atoms. The van der Waals surface area contributed by atoms with Crippen molar-refractivity contribution in [2.24, 2.45) is 0 Å². The van der Waals surface area contributed by atoms with Crippen molar-refractivity contribution < 1.29 is 21.2 Å². The monoisotopic (exact) mass is 692 g/mol. The maximum atomic E-state index is 2.31. The van der Waals surface area contributed by atoms with Crippen molar-refractivity contribution in [3.05, 3.63) is 158 Å². The van der Waals surface area contributed by atoms with Crippen LogP contribution < -0.4 is 37.6 Å². The van der Waals surface area contributed by atoms with Gasteiger partial charge in [-0.05, 0) is 0 Å². The second kappa shape index (κ2) is 15.3. The van der Waals surface area contributed by atoms with Gasteiger partial charge in [0.25, 0.3) is 0 Å². The molecule has 0 atom stereocenters. The molecule has 0 aliphatic carbocycles. The third kappa shape index (κ3) is 8.75. The summed E-state index contributed by atoms with van der Waals surface area (Å²) in [7, 11) is 0. The molecule has 0 heterocycles. The SMILES string of the molecule is CC(C)(C)c1ccc([I-]c2ccc(C(C)(C)C)cc2)cc1.CCCC[B-](c1ccccc1)(c1ccccc1)c1ccccc1. The Hall–Kier alpha value is -3.11. The van der Waals surface area contributed by atoms with Crippen molar-refractivity contribution in [1.82, 2.24) is 0 Å². The molecule has 5 aromatic carbocycles. The van der Waals surface area contributed by atoms with Crippen LogP contribution in [0, 0.1) is 7.14 Å². The van der Waals surface area contributed by atoms with Crippen molar-refractivity contribution >= 4 is 22.5 Å². The van der Waals surface area contributed by atoms with Crippen LogP contribution in [0.1, 0.15) is 72.4 Å². The molecular weight excluding hydrogens is 642 g/mol. The minimum Gasteiger partial charge on any atom is -0.200 e. The van der Waals surface area contributed by atoms with Crippen LogP contribution in [0.5, 0.6) is 0 Å². The number of unbranched alkanes of at least 4 members (excludes halogenated alkanes) is 1. The third-order valence-corrected chi connectivity index (χ3v) is 11.4. The maximum Gasteiger partial charge on any atom is 0.0814 e. The van der Waals surface area contributed by atoms with E-state index in [1.165, 1.54) is 53.8 Å². The van der Waals surface area contributed by atoms with E-state index in [0.717, 1.165) is 0 Å². The minimum atomic E-state index is -0.913. The maximum absolute atomic E-state index is 2.31. The van der Waals surface area contributed by atoms with E-state index < -0.39 is 6.15 Å². The molecule has 230 valence electrons. The molecular formula is C42H50BI-2. The molecule has 0 aromatic heterocycles. The molecule has 2 heteroatoms. The van der Waals surface area contributed by atoms with Crippen LogP contribution >= 0.6 is 0 Å². The normalized spacial score (nSPS) is 12.0. The van der Waals surface area contributed by atoms with Gasteiger partial charge in [-0.3, -0.25) is 0 Å². The van der Waals surface area contributed by atoms with Crippen LogP contribution in [0.25, 0.3) is 0 Å². The van der Waals surface area contributed by atoms with Crippen LogP contribution in [0.15, 0.2) is 140 Å². The van der Waals surface area contributed by atoms with E-state index in [-0.39, 0.29) is 32.0 Å². The molecule has 5 rings (SSSR count). The second-order valence-electron chi connectivity index (χ2n) is 14.0. The van der Waals surface area contributed by atoms with E-state index in [1.807, 2.05) is 0 Å². The molecule has 0 aliphatic heterocycles. The number of hydrogen-bond donors (Lipinski definition) is 0. The standard InChI is InChI=1S/C22H24B.C20H26I/c1-2-3-19-23(20-13-7-4-8-14-20,21-15-9-5-10-16-21)22-17-11-6-12-18-22;1-19(2,3)15-7-11-17(12-8-15)21-18-13-9-16(10-14-18)20(4,5)6/h4-18H,2-3,19H2,1H3;7-14H,1-6H3/q2*-1. The third-order valence-electron chi connectivity index (χ3n) is 8.74. The summed E-state index contributed by atoms with van der Waals surface area (Å²) in [6.45, 7) is 15.9. The Morgan fingerprint density at radius 3 is 1.05 bits per heavy atom. The molecule has 0 aliphatic rings. The summed E-state index contributed by atoms with van der Waals surface area (Å²) >= 11 is -0.0703.